The molecule has 0 aliphatic carbocycles. The number of benzene rings is 1. The first kappa shape index (κ1) is 24.9. The third-order valence-corrected chi connectivity index (χ3v) is 6.01. The predicted octanol–water partition coefficient (Wildman–Crippen LogP) is 1.39. The lowest BCUT2D eigenvalue weighted by Gasteiger charge is -2.17. The summed E-state index contributed by atoms with van der Waals surface area (Å²) in [5.41, 5.74) is 5.21. The molecule has 0 saturated carbocycles. The van der Waals surface area contributed by atoms with Crippen LogP contribution in [0, 0.1) is 23.5 Å². The normalized spacial score (nSPS) is 15.1. The number of carbonyl (C=O) groups is 2. The van der Waals surface area contributed by atoms with Gasteiger partial charge in [-0.15, -0.1) is 0 Å². The minimum absolute atomic E-state index is 0.0218. The van der Waals surface area contributed by atoms with E-state index in [2.05, 4.69) is 33.8 Å². The number of nitrogens with one attached hydrogen (secondary N) is 1. The minimum atomic E-state index is -0.919. The molecule has 0 unspecified atom stereocenters. The van der Waals surface area contributed by atoms with Gasteiger partial charge in [-0.25, -0.2) is 18.4 Å². The Morgan fingerprint density at radius 3 is 2.83 bits per heavy atom. The lowest BCUT2D eigenvalue weighted by Crippen LogP contribution is -2.28. The van der Waals surface area contributed by atoms with Gasteiger partial charge in [0.2, 0.25) is 5.91 Å². The first-order valence-electron chi connectivity index (χ1n) is 11.3. The lowest BCUT2D eigenvalue weighted by molar-refractivity contribution is -0.125. The first-order valence-corrected chi connectivity index (χ1v) is 11.3. The molecule has 0 bridgehead atoms. The second-order valence-corrected chi connectivity index (χ2v) is 8.16. The number of carbonyl (C=O) groups excluding carboxylic acids is 2. The highest BCUT2D eigenvalue weighted by atomic mass is 19.1. The van der Waals surface area contributed by atoms with Crippen molar-refractivity contribution in [1.29, 1.82) is 0 Å². The van der Waals surface area contributed by atoms with Crippen LogP contribution in [0.4, 0.5) is 14.6 Å². The van der Waals surface area contributed by atoms with E-state index in [0.717, 1.165) is 6.07 Å². The minimum Gasteiger partial charge on any atom is -0.395 e. The number of nitrogens with two attached hydrogens (primary N) is 1. The van der Waals surface area contributed by atoms with E-state index >= 15 is 4.39 Å². The van der Waals surface area contributed by atoms with Crippen LogP contribution in [0.2, 0.25) is 0 Å². The molecule has 1 aliphatic rings. The molecule has 2 amide bonds. The van der Waals surface area contributed by atoms with Crippen LogP contribution in [-0.4, -0.2) is 67.4 Å². The van der Waals surface area contributed by atoms with Crippen LogP contribution >= 0.6 is 0 Å². The van der Waals surface area contributed by atoms with Gasteiger partial charge in [0, 0.05) is 32.2 Å². The van der Waals surface area contributed by atoms with Crippen molar-refractivity contribution in [2.24, 2.45) is 5.73 Å². The average molecular weight is 498 g/mol. The van der Waals surface area contributed by atoms with Gasteiger partial charge >= 0.3 is 0 Å². The topological polar surface area (TPSA) is 131 Å². The maximum absolute atomic E-state index is 15.1. The zero-order chi connectivity index (χ0) is 26.0. The number of primary amides is 1. The standard InChI is InChI=1S/C24H25F2N7O3/c1-3-19(35)32-9-7-14(12-32)33-24(28-8-10-34)20(23(27)36)17(30-33)6-5-15-16(25)11-18-22(21(15)26)29-13-31(18)4-2/h3,11,13-14,28,34H,1,4,7-10,12H2,2H3,(H2,27,36)/t14-/m0/s1. The number of rotatable bonds is 7. The zero-order valence-electron chi connectivity index (χ0n) is 19.6. The molecule has 188 valence electrons. The van der Waals surface area contributed by atoms with Gasteiger partial charge < -0.3 is 25.6 Å². The summed E-state index contributed by atoms with van der Waals surface area (Å²) < 4.78 is 33.0. The van der Waals surface area contributed by atoms with Gasteiger partial charge in [0.1, 0.15) is 22.7 Å². The van der Waals surface area contributed by atoms with Crippen LogP contribution in [-0.2, 0) is 11.3 Å². The van der Waals surface area contributed by atoms with Gasteiger partial charge in [-0.1, -0.05) is 12.5 Å². The van der Waals surface area contributed by atoms with E-state index < -0.39 is 23.1 Å². The summed E-state index contributed by atoms with van der Waals surface area (Å²) in [5.74, 6) is 2.34. The smallest absolute Gasteiger partial charge is 0.255 e. The van der Waals surface area contributed by atoms with E-state index in [1.54, 1.807) is 9.47 Å². The molecule has 0 spiro atoms. The summed E-state index contributed by atoms with van der Waals surface area (Å²) in [7, 11) is 0. The van der Waals surface area contributed by atoms with Gasteiger partial charge in [-0.2, -0.15) is 5.10 Å². The number of fused-ring (bicyclic) bond motifs is 1. The quantitative estimate of drug-likeness (QED) is 0.334. The Balaban J connectivity index is 1.80. The molecule has 0 radical (unpaired) electrons. The number of aliphatic hydroxyl groups is 1. The number of halogens is 2. The van der Waals surface area contributed by atoms with Crippen molar-refractivity contribution in [3.63, 3.8) is 0 Å². The molecule has 1 saturated heterocycles. The molecule has 10 nitrogen and oxygen atoms in total. The molecule has 1 atom stereocenters. The summed E-state index contributed by atoms with van der Waals surface area (Å²) in [4.78, 5) is 30.0. The highest BCUT2D eigenvalue weighted by molar-refractivity contribution is 6.00. The molecule has 3 heterocycles. The number of nitrogens with zero attached hydrogens (tertiary/aromatic N) is 5. The molecule has 36 heavy (non-hydrogen) atoms. The number of amides is 2. The van der Waals surface area contributed by atoms with Gasteiger partial charge in [0.25, 0.3) is 5.91 Å². The largest absolute Gasteiger partial charge is 0.395 e. The molecular formula is C24H25F2N7O3. The van der Waals surface area contributed by atoms with Gasteiger partial charge in [-0.05, 0) is 25.3 Å². The number of imidazole rings is 1. The number of aromatic nitrogens is 4. The first-order chi connectivity index (χ1) is 17.3. The van der Waals surface area contributed by atoms with Crippen LogP contribution in [0.15, 0.2) is 25.0 Å². The molecule has 4 N–H and O–H groups in total. The van der Waals surface area contributed by atoms with Crippen molar-refractivity contribution >= 4 is 28.7 Å². The van der Waals surface area contributed by atoms with E-state index in [-0.39, 0.29) is 47.7 Å². The van der Waals surface area contributed by atoms with Crippen LogP contribution in [0.25, 0.3) is 11.0 Å². The average Bonchev–Trinajstić information content (AvgIpc) is 3.58. The second kappa shape index (κ2) is 10.2. The molecule has 1 aromatic carbocycles. The fourth-order valence-electron chi connectivity index (χ4n) is 4.25. The van der Waals surface area contributed by atoms with Crippen molar-refractivity contribution < 1.29 is 23.5 Å². The number of hydrogen-bond acceptors (Lipinski definition) is 6. The van der Waals surface area contributed by atoms with E-state index in [1.807, 2.05) is 6.92 Å². The Kier molecular flexibility index (Phi) is 7.03. The van der Waals surface area contributed by atoms with E-state index in [0.29, 0.717) is 31.6 Å². The lowest BCUT2D eigenvalue weighted by atomic mass is 10.1. The summed E-state index contributed by atoms with van der Waals surface area (Å²) in [5, 5.41) is 16.6. The Hall–Kier alpha value is -4.24. The summed E-state index contributed by atoms with van der Waals surface area (Å²) >= 11 is 0. The number of aryl methyl sites for hydroxylation is 1. The highest BCUT2D eigenvalue weighted by Gasteiger charge is 2.31. The van der Waals surface area contributed by atoms with Crippen LogP contribution in [0.1, 0.15) is 41.0 Å². The van der Waals surface area contributed by atoms with Crippen LogP contribution < -0.4 is 11.1 Å². The Morgan fingerprint density at radius 1 is 1.39 bits per heavy atom. The highest BCUT2D eigenvalue weighted by Crippen LogP contribution is 2.29. The Labute approximate surface area is 205 Å². The predicted molar refractivity (Wildman–Crippen MR) is 128 cm³/mol. The van der Waals surface area contributed by atoms with Gasteiger partial charge in [0.05, 0.1) is 30.1 Å². The third kappa shape index (κ3) is 4.40. The Morgan fingerprint density at radius 2 is 2.17 bits per heavy atom. The second-order valence-electron chi connectivity index (χ2n) is 8.16. The van der Waals surface area contributed by atoms with Crippen molar-refractivity contribution in [2.75, 3.05) is 31.6 Å². The van der Waals surface area contributed by atoms with Crippen molar-refractivity contribution in [1.82, 2.24) is 24.2 Å². The van der Waals surface area contributed by atoms with Crippen molar-refractivity contribution in [3.05, 3.63) is 53.5 Å². The van der Waals surface area contributed by atoms with E-state index in [9.17, 15) is 19.1 Å². The van der Waals surface area contributed by atoms with Crippen molar-refractivity contribution in [3.8, 4) is 11.8 Å². The van der Waals surface area contributed by atoms with Crippen LogP contribution in [0.5, 0.6) is 0 Å². The monoisotopic (exact) mass is 497 g/mol. The van der Waals surface area contributed by atoms with E-state index in [1.165, 1.54) is 17.1 Å². The fraction of sp³-hybridized carbons (Fsp3) is 0.333. The SMILES string of the molecule is C=CC(=O)N1CC[C@H](n2nc(C#Cc3c(F)cc4c(ncn4CC)c3F)c(C(N)=O)c2NCCO)C1. The molecule has 12 heteroatoms. The molecule has 2 aromatic heterocycles. The van der Waals surface area contributed by atoms with Crippen molar-refractivity contribution in [2.45, 2.75) is 25.9 Å². The molecular weight excluding hydrogens is 472 g/mol. The molecule has 4 rings (SSSR count). The zero-order valence-corrected chi connectivity index (χ0v) is 19.6. The van der Waals surface area contributed by atoms with Gasteiger partial charge in [-0.3, -0.25) is 9.59 Å². The molecule has 3 aromatic rings. The maximum atomic E-state index is 15.1. The summed E-state index contributed by atoms with van der Waals surface area (Å²) in [6, 6.07) is 0.830. The Bertz CT molecular complexity index is 1420. The molecule has 1 fully saturated rings. The number of aliphatic hydroxyl groups excluding tert-OH is 1. The summed E-state index contributed by atoms with van der Waals surface area (Å²) in [6.07, 6.45) is 3.16. The number of likely N-dealkylation sites (tertiary alicyclic amines) is 1. The number of hydrogen-bond donors (Lipinski definition) is 3. The van der Waals surface area contributed by atoms with Crippen LogP contribution in [0.3, 0.4) is 0 Å². The molecule has 1 aliphatic heterocycles. The summed E-state index contributed by atoms with van der Waals surface area (Å²) in [6.45, 7) is 6.40. The van der Waals surface area contributed by atoms with Gasteiger partial charge in [0.15, 0.2) is 11.5 Å². The number of anilines is 1. The fourth-order valence-corrected chi connectivity index (χ4v) is 4.25. The van der Waals surface area contributed by atoms with E-state index in [4.69, 9.17) is 5.73 Å². The third-order valence-electron chi connectivity index (χ3n) is 6.01. The maximum Gasteiger partial charge on any atom is 0.255 e.